The van der Waals surface area contributed by atoms with Crippen LogP contribution in [-0.2, 0) is 9.59 Å². The highest BCUT2D eigenvalue weighted by molar-refractivity contribution is 6.13. The molecule has 1 aliphatic rings. The van der Waals surface area contributed by atoms with Gasteiger partial charge in [-0.15, -0.1) is 0 Å². The van der Waals surface area contributed by atoms with E-state index >= 15 is 0 Å². The molecule has 1 aliphatic carbocycles. The van der Waals surface area contributed by atoms with E-state index in [1.807, 2.05) is 52.0 Å². The molecule has 2 N–H and O–H groups in total. The fourth-order valence-corrected chi connectivity index (χ4v) is 2.78. The van der Waals surface area contributed by atoms with Crippen molar-refractivity contribution in [1.29, 1.82) is 0 Å². The van der Waals surface area contributed by atoms with E-state index in [1.165, 1.54) is 0 Å². The second-order valence-electron chi connectivity index (χ2n) is 6.76. The number of rotatable bonds is 8. The van der Waals surface area contributed by atoms with E-state index in [9.17, 15) is 9.59 Å². The van der Waals surface area contributed by atoms with Crippen molar-refractivity contribution < 1.29 is 9.59 Å². The van der Waals surface area contributed by atoms with E-state index in [4.69, 9.17) is 0 Å². The maximum atomic E-state index is 12.9. The van der Waals surface area contributed by atoms with E-state index in [0.717, 1.165) is 11.4 Å². The molecule has 0 radical (unpaired) electrons. The maximum Gasteiger partial charge on any atom is 0.241 e. The summed E-state index contributed by atoms with van der Waals surface area (Å²) in [5.41, 5.74) is 1.20. The van der Waals surface area contributed by atoms with Crippen molar-refractivity contribution in [3.8, 4) is 0 Å². The minimum atomic E-state index is -1.05. The first-order chi connectivity index (χ1) is 13.4. The normalized spacial score (nSPS) is 16.4. The van der Waals surface area contributed by atoms with E-state index in [0.29, 0.717) is 24.4 Å². The van der Waals surface area contributed by atoms with Gasteiger partial charge in [-0.05, 0) is 58.8 Å². The minimum Gasteiger partial charge on any atom is -0.325 e. The summed E-state index contributed by atoms with van der Waals surface area (Å²) in [6.45, 7) is 11.2. The van der Waals surface area contributed by atoms with Crippen LogP contribution in [0.4, 0.5) is 5.82 Å². The van der Waals surface area contributed by atoms with E-state index in [1.54, 1.807) is 29.0 Å². The molecule has 0 atom stereocenters. The molecule has 2 amide bonds. The summed E-state index contributed by atoms with van der Waals surface area (Å²) < 4.78 is 1.67. The van der Waals surface area contributed by atoms with Gasteiger partial charge in [0.25, 0.3) is 0 Å². The van der Waals surface area contributed by atoms with E-state index in [2.05, 4.69) is 22.3 Å². The van der Waals surface area contributed by atoms with Crippen molar-refractivity contribution in [3.05, 3.63) is 66.6 Å². The van der Waals surface area contributed by atoms with Crippen molar-refractivity contribution in [2.75, 3.05) is 5.32 Å². The van der Waals surface area contributed by atoms with Gasteiger partial charge in [0.15, 0.2) is 0 Å². The number of carbonyl (C=O) groups is 2. The SMILES string of the molecule is C=C/C=C(\C=C/C)NC(=O)C1(C(=O)Nc2cc(C)nn2/C(C)=C/C=C\C)CC1. The van der Waals surface area contributed by atoms with Gasteiger partial charge in [-0.2, -0.15) is 5.10 Å². The Hall–Kier alpha value is -3.15. The summed E-state index contributed by atoms with van der Waals surface area (Å²) in [6.07, 6.45) is 13.6. The lowest BCUT2D eigenvalue weighted by atomic mass is 10.0. The van der Waals surface area contributed by atoms with Crippen molar-refractivity contribution in [3.63, 3.8) is 0 Å². The first-order valence-electron chi connectivity index (χ1n) is 9.33. The highest BCUT2D eigenvalue weighted by atomic mass is 16.2. The van der Waals surface area contributed by atoms with Gasteiger partial charge in [0.2, 0.25) is 11.8 Å². The van der Waals surface area contributed by atoms with Crippen LogP contribution in [0.2, 0.25) is 0 Å². The number of nitrogens with one attached hydrogen (secondary N) is 2. The number of carbonyl (C=O) groups excluding carboxylic acids is 2. The molecule has 1 heterocycles. The molecule has 0 aromatic carbocycles. The summed E-state index contributed by atoms with van der Waals surface area (Å²) in [7, 11) is 0. The highest BCUT2D eigenvalue weighted by Gasteiger charge is 2.56. The maximum absolute atomic E-state index is 12.9. The monoisotopic (exact) mass is 380 g/mol. The quantitative estimate of drug-likeness (QED) is 0.526. The van der Waals surface area contributed by atoms with Gasteiger partial charge in [-0.1, -0.05) is 30.9 Å². The van der Waals surface area contributed by atoms with Gasteiger partial charge in [0, 0.05) is 17.5 Å². The molecule has 0 aliphatic heterocycles. The first-order valence-corrected chi connectivity index (χ1v) is 9.33. The van der Waals surface area contributed by atoms with Crippen molar-refractivity contribution in [2.45, 2.75) is 40.5 Å². The smallest absolute Gasteiger partial charge is 0.241 e. The van der Waals surface area contributed by atoms with Crippen molar-refractivity contribution in [2.24, 2.45) is 5.41 Å². The van der Waals surface area contributed by atoms with Crippen LogP contribution >= 0.6 is 0 Å². The Morgan fingerprint density at radius 1 is 1.21 bits per heavy atom. The summed E-state index contributed by atoms with van der Waals surface area (Å²) >= 11 is 0. The van der Waals surface area contributed by atoms with Gasteiger partial charge >= 0.3 is 0 Å². The Kier molecular flexibility index (Phi) is 6.93. The molecule has 1 aromatic heterocycles. The van der Waals surface area contributed by atoms with Gasteiger partial charge in [-0.25, -0.2) is 4.68 Å². The molecule has 2 rings (SSSR count). The zero-order valence-electron chi connectivity index (χ0n) is 17.0. The third kappa shape index (κ3) is 4.76. The zero-order chi connectivity index (χ0) is 20.7. The topological polar surface area (TPSA) is 76.0 Å². The highest BCUT2D eigenvalue weighted by Crippen LogP contribution is 2.47. The molecule has 28 heavy (non-hydrogen) atoms. The number of anilines is 1. The third-order valence-corrected chi connectivity index (χ3v) is 4.46. The molecule has 0 unspecified atom stereocenters. The number of nitrogens with zero attached hydrogens (tertiary/aromatic N) is 2. The largest absolute Gasteiger partial charge is 0.325 e. The van der Waals surface area contributed by atoms with Crippen molar-refractivity contribution >= 4 is 23.3 Å². The fraction of sp³-hybridized carbons (Fsp3) is 0.318. The van der Waals surface area contributed by atoms with Crippen LogP contribution in [0.3, 0.4) is 0 Å². The van der Waals surface area contributed by atoms with Crippen LogP contribution in [0.5, 0.6) is 0 Å². The molecule has 1 aromatic rings. The van der Waals surface area contributed by atoms with Gasteiger partial charge < -0.3 is 10.6 Å². The van der Waals surface area contributed by atoms with Crippen molar-refractivity contribution in [1.82, 2.24) is 15.1 Å². The molecular weight excluding hydrogens is 352 g/mol. The molecule has 0 bridgehead atoms. The average molecular weight is 380 g/mol. The molecule has 1 fully saturated rings. The summed E-state index contributed by atoms with van der Waals surface area (Å²) in [5, 5.41) is 10.1. The standard InChI is InChI=1S/C22H28N4O2/c1-6-9-12-17(5)26-19(15-16(4)25-26)24-21(28)22(13-14-22)20(27)23-18(10-7-2)11-8-3/h6-12,15H,2,13-14H2,1,3-5H3,(H,23,27)(H,24,28)/b9-6-,11-8-,17-12+,18-10+. The molecule has 1 saturated carbocycles. The lowest BCUT2D eigenvalue weighted by Crippen LogP contribution is -2.39. The second kappa shape index (κ2) is 9.17. The van der Waals surface area contributed by atoms with Crippen LogP contribution in [0.15, 0.2) is 60.9 Å². The predicted molar refractivity (Wildman–Crippen MR) is 113 cm³/mol. The number of amides is 2. The average Bonchev–Trinajstić information content (AvgIpc) is 3.39. The number of aryl methyl sites for hydroxylation is 1. The Morgan fingerprint density at radius 3 is 2.50 bits per heavy atom. The Labute approximate surface area is 166 Å². The summed E-state index contributed by atoms with van der Waals surface area (Å²) in [6, 6.07) is 1.79. The van der Waals surface area contributed by atoms with Crippen LogP contribution in [0.1, 0.15) is 39.3 Å². The van der Waals surface area contributed by atoms with E-state index in [-0.39, 0.29) is 11.8 Å². The van der Waals surface area contributed by atoms with Crippen LogP contribution < -0.4 is 10.6 Å². The zero-order valence-corrected chi connectivity index (χ0v) is 17.0. The Bertz CT molecular complexity index is 880. The van der Waals surface area contributed by atoms with Gasteiger partial charge in [0.05, 0.1) is 5.69 Å². The number of hydrogen-bond acceptors (Lipinski definition) is 3. The number of aromatic nitrogens is 2. The van der Waals surface area contributed by atoms with Gasteiger partial charge in [0.1, 0.15) is 11.2 Å². The minimum absolute atomic E-state index is 0.305. The Morgan fingerprint density at radius 2 is 1.93 bits per heavy atom. The molecule has 148 valence electrons. The molecular formula is C22H28N4O2. The number of allylic oxidation sites excluding steroid dienone is 8. The third-order valence-electron chi connectivity index (χ3n) is 4.46. The predicted octanol–water partition coefficient (Wildman–Crippen LogP) is 4.11. The van der Waals surface area contributed by atoms with Crippen LogP contribution in [0.25, 0.3) is 5.70 Å². The molecule has 0 spiro atoms. The van der Waals surface area contributed by atoms with Crippen LogP contribution in [-0.4, -0.2) is 21.6 Å². The second-order valence-corrected chi connectivity index (χ2v) is 6.76. The fourth-order valence-electron chi connectivity index (χ4n) is 2.78. The molecule has 0 saturated heterocycles. The first kappa shape index (κ1) is 21.2. The summed E-state index contributed by atoms with van der Waals surface area (Å²) in [5.74, 6) is -0.0706. The lowest BCUT2D eigenvalue weighted by molar-refractivity contribution is -0.133. The molecule has 6 heteroatoms. The lowest BCUT2D eigenvalue weighted by Gasteiger charge is -2.16. The van der Waals surface area contributed by atoms with E-state index < -0.39 is 5.41 Å². The Balaban J connectivity index is 2.20. The number of hydrogen-bond donors (Lipinski definition) is 2. The van der Waals surface area contributed by atoms with Crippen LogP contribution in [0, 0.1) is 12.3 Å². The molecule has 6 nitrogen and oxygen atoms in total. The van der Waals surface area contributed by atoms with Gasteiger partial charge in [-0.3, -0.25) is 9.59 Å². The summed E-state index contributed by atoms with van der Waals surface area (Å²) in [4.78, 5) is 25.7.